The van der Waals surface area contributed by atoms with Crippen LogP contribution in [0, 0.1) is 0 Å². The van der Waals surface area contributed by atoms with Gasteiger partial charge in [0.25, 0.3) is 0 Å². The Morgan fingerprint density at radius 3 is 1.44 bits per heavy atom. The Bertz CT molecular complexity index is 1280. The second kappa shape index (κ2) is 40.8. The van der Waals surface area contributed by atoms with Gasteiger partial charge < -0.3 is 65.1 Å². The lowest BCUT2D eigenvalue weighted by molar-refractivity contribution is -0.359. The number of hydrogen-bond acceptors (Lipinski definition) is 13. The predicted octanol–water partition coefficient (Wildman–Crippen LogP) is 7.88. The minimum absolute atomic E-state index is 0.258. The van der Waals surface area contributed by atoms with E-state index in [4.69, 9.17) is 18.9 Å². The van der Waals surface area contributed by atoms with Crippen LogP contribution in [-0.2, 0) is 23.7 Å². The fraction of sp³-hybridized carbons (Fsp3) is 0.870. The van der Waals surface area contributed by atoms with E-state index in [9.17, 15) is 45.6 Å². The molecule has 0 aliphatic carbocycles. The first kappa shape index (κ1) is 62.3. The maximum atomic E-state index is 13.2. The van der Waals surface area contributed by atoms with Gasteiger partial charge in [-0.3, -0.25) is 4.79 Å². The SMILES string of the molecule is CCCCCCCCC/C=C\CCCCCCCC(=O)NC(COC1OC(CO)C(OC2OC(CO)C(O)C(O)C2O)C(O)C1O)C(O)/C=C/CC/C=C/CCCCCCCCCCCCCC. The number of aliphatic hydroxyl groups is 8. The number of carbonyl (C=O) groups is 1. The van der Waals surface area contributed by atoms with Crippen LogP contribution in [0.4, 0.5) is 0 Å². The minimum Gasteiger partial charge on any atom is -0.394 e. The third-order valence-corrected chi connectivity index (χ3v) is 13.3. The van der Waals surface area contributed by atoms with E-state index in [0.717, 1.165) is 51.4 Å². The maximum Gasteiger partial charge on any atom is 0.220 e. The van der Waals surface area contributed by atoms with Crippen molar-refractivity contribution in [3.05, 3.63) is 36.5 Å². The highest BCUT2D eigenvalue weighted by molar-refractivity contribution is 5.76. The van der Waals surface area contributed by atoms with Gasteiger partial charge in [-0.15, -0.1) is 0 Å². The van der Waals surface area contributed by atoms with Crippen molar-refractivity contribution in [2.24, 2.45) is 0 Å². The van der Waals surface area contributed by atoms with Crippen molar-refractivity contribution in [1.82, 2.24) is 5.32 Å². The van der Waals surface area contributed by atoms with Gasteiger partial charge in [-0.05, 0) is 57.8 Å². The molecule has 0 saturated carbocycles. The molecule has 0 aromatic carbocycles. The number of unbranched alkanes of at least 4 members (excludes halogenated alkanes) is 25. The Balaban J connectivity index is 1.85. The average molecular weight is 970 g/mol. The van der Waals surface area contributed by atoms with Gasteiger partial charge in [-0.1, -0.05) is 179 Å². The summed E-state index contributed by atoms with van der Waals surface area (Å²) in [4.78, 5) is 13.2. The van der Waals surface area contributed by atoms with Crippen molar-refractivity contribution in [3.63, 3.8) is 0 Å². The van der Waals surface area contributed by atoms with Gasteiger partial charge in [0.2, 0.25) is 5.91 Å². The van der Waals surface area contributed by atoms with E-state index in [1.165, 1.54) is 122 Å². The average Bonchev–Trinajstić information content (AvgIpc) is 3.34. The summed E-state index contributed by atoms with van der Waals surface area (Å²) in [6.07, 6.45) is 30.4. The molecule has 398 valence electrons. The Kier molecular flexibility index (Phi) is 37.4. The largest absolute Gasteiger partial charge is 0.394 e. The van der Waals surface area contributed by atoms with Gasteiger partial charge >= 0.3 is 0 Å². The Morgan fingerprint density at radius 2 is 0.941 bits per heavy atom. The smallest absolute Gasteiger partial charge is 0.220 e. The molecule has 2 aliphatic rings. The lowest BCUT2D eigenvalue weighted by atomic mass is 9.97. The molecule has 2 aliphatic heterocycles. The van der Waals surface area contributed by atoms with Crippen LogP contribution in [0.2, 0.25) is 0 Å². The van der Waals surface area contributed by atoms with Crippen molar-refractivity contribution in [3.8, 4) is 0 Å². The third kappa shape index (κ3) is 27.1. The summed E-state index contributed by atoms with van der Waals surface area (Å²) in [5.74, 6) is -0.258. The van der Waals surface area contributed by atoms with Crippen molar-refractivity contribution in [1.29, 1.82) is 0 Å². The van der Waals surface area contributed by atoms with Gasteiger partial charge in [0.05, 0.1) is 32.0 Å². The van der Waals surface area contributed by atoms with Crippen LogP contribution in [0.5, 0.6) is 0 Å². The Hall–Kier alpha value is -1.79. The number of ether oxygens (including phenoxy) is 4. The maximum absolute atomic E-state index is 13.2. The first-order chi connectivity index (χ1) is 33.1. The van der Waals surface area contributed by atoms with E-state index in [2.05, 4.69) is 43.5 Å². The van der Waals surface area contributed by atoms with Crippen LogP contribution in [0.15, 0.2) is 36.5 Å². The molecule has 12 unspecified atom stereocenters. The second-order valence-corrected chi connectivity index (χ2v) is 19.3. The first-order valence-corrected chi connectivity index (χ1v) is 27.2. The molecule has 14 heteroatoms. The molecule has 12 atom stereocenters. The molecule has 0 radical (unpaired) electrons. The summed E-state index contributed by atoms with van der Waals surface area (Å²) < 4.78 is 22.7. The van der Waals surface area contributed by atoms with Crippen molar-refractivity contribution >= 4 is 5.91 Å². The summed E-state index contributed by atoms with van der Waals surface area (Å²) in [5.41, 5.74) is 0. The molecule has 0 bridgehead atoms. The van der Waals surface area contributed by atoms with Gasteiger partial charge in [-0.25, -0.2) is 0 Å². The van der Waals surface area contributed by atoms with E-state index in [-0.39, 0.29) is 18.9 Å². The van der Waals surface area contributed by atoms with Crippen LogP contribution >= 0.6 is 0 Å². The van der Waals surface area contributed by atoms with Gasteiger partial charge in [0.1, 0.15) is 48.8 Å². The molecule has 2 saturated heterocycles. The van der Waals surface area contributed by atoms with Gasteiger partial charge in [-0.2, -0.15) is 0 Å². The van der Waals surface area contributed by atoms with Gasteiger partial charge in [0, 0.05) is 6.42 Å². The van der Waals surface area contributed by atoms with E-state index in [0.29, 0.717) is 12.8 Å². The number of amides is 1. The quantitative estimate of drug-likeness (QED) is 0.0210. The molecular weight excluding hydrogens is 871 g/mol. The molecule has 0 aromatic rings. The van der Waals surface area contributed by atoms with Crippen LogP contribution in [-0.4, -0.2) is 140 Å². The summed E-state index contributed by atoms with van der Waals surface area (Å²) in [6.45, 7) is 2.76. The van der Waals surface area contributed by atoms with E-state index >= 15 is 0 Å². The molecule has 68 heavy (non-hydrogen) atoms. The van der Waals surface area contributed by atoms with E-state index in [1.807, 2.05) is 6.08 Å². The molecular formula is C54H99NO13. The Morgan fingerprint density at radius 1 is 0.515 bits per heavy atom. The highest BCUT2D eigenvalue weighted by Gasteiger charge is 2.51. The van der Waals surface area contributed by atoms with E-state index < -0.39 is 86.8 Å². The van der Waals surface area contributed by atoms with Crippen LogP contribution < -0.4 is 5.32 Å². The molecule has 0 spiro atoms. The summed E-state index contributed by atoms with van der Waals surface area (Å²) in [5, 5.41) is 86.8. The molecule has 2 heterocycles. The van der Waals surface area contributed by atoms with Gasteiger partial charge in [0.15, 0.2) is 12.6 Å². The molecule has 1 amide bonds. The van der Waals surface area contributed by atoms with E-state index in [1.54, 1.807) is 6.08 Å². The molecule has 9 N–H and O–H groups in total. The predicted molar refractivity (Wildman–Crippen MR) is 268 cm³/mol. The summed E-state index contributed by atoms with van der Waals surface area (Å²) in [7, 11) is 0. The first-order valence-electron chi connectivity index (χ1n) is 27.2. The van der Waals surface area contributed by atoms with Crippen LogP contribution in [0.1, 0.15) is 206 Å². The topological polar surface area (TPSA) is 228 Å². The third-order valence-electron chi connectivity index (χ3n) is 13.3. The van der Waals surface area contributed by atoms with Crippen molar-refractivity contribution < 1.29 is 64.6 Å². The fourth-order valence-electron chi connectivity index (χ4n) is 8.83. The monoisotopic (exact) mass is 970 g/mol. The fourth-order valence-corrected chi connectivity index (χ4v) is 8.83. The van der Waals surface area contributed by atoms with Crippen LogP contribution in [0.3, 0.4) is 0 Å². The lowest BCUT2D eigenvalue weighted by Gasteiger charge is -2.46. The summed E-state index contributed by atoms with van der Waals surface area (Å²) in [6, 6.07) is -0.934. The second-order valence-electron chi connectivity index (χ2n) is 19.3. The molecule has 0 aromatic heterocycles. The normalized spacial score (nSPS) is 26.6. The number of nitrogens with one attached hydrogen (secondary N) is 1. The zero-order valence-corrected chi connectivity index (χ0v) is 42.3. The highest BCUT2D eigenvalue weighted by Crippen LogP contribution is 2.30. The number of allylic oxidation sites excluding steroid dienone is 5. The Labute approximate surface area is 411 Å². The zero-order chi connectivity index (χ0) is 49.6. The number of carbonyl (C=O) groups excluding carboxylic acids is 1. The number of aliphatic hydroxyl groups excluding tert-OH is 8. The highest BCUT2D eigenvalue weighted by atomic mass is 16.7. The van der Waals surface area contributed by atoms with Crippen molar-refractivity contribution in [2.75, 3.05) is 19.8 Å². The number of hydrogen-bond donors (Lipinski definition) is 9. The van der Waals surface area contributed by atoms with Crippen LogP contribution in [0.25, 0.3) is 0 Å². The standard InChI is InChI=1S/C54H99NO13/c1-3-5-7-9-11-13-15-17-19-21-22-23-25-27-29-31-33-35-37-43(58)42(55-46(59)38-36-34-32-30-28-26-24-20-18-16-14-12-10-8-6-4-2)41-65-53-51(64)49(62)52(45(40-57)67-53)68-54-50(63)48(61)47(60)44(39-56)66-54/h20,24,27,29,35,37,42-45,47-54,56-58,60-64H,3-19,21-23,25-26,28,30-34,36,38-41H2,1-2H3,(H,55,59)/b24-20-,29-27+,37-35+. The zero-order valence-electron chi connectivity index (χ0n) is 42.3. The minimum atomic E-state index is -1.79. The van der Waals surface area contributed by atoms with Crippen molar-refractivity contribution in [2.45, 2.75) is 280 Å². The lowest BCUT2D eigenvalue weighted by Crippen LogP contribution is -2.65. The number of rotatable bonds is 42. The molecule has 14 nitrogen and oxygen atoms in total. The molecule has 2 rings (SSSR count). The summed E-state index contributed by atoms with van der Waals surface area (Å²) >= 11 is 0. The molecule has 2 fully saturated rings.